The van der Waals surface area contributed by atoms with Crippen molar-refractivity contribution in [3.05, 3.63) is 64.7 Å². The second-order valence-electron chi connectivity index (χ2n) is 7.04. The summed E-state index contributed by atoms with van der Waals surface area (Å²) in [6.07, 6.45) is 1.56. The summed E-state index contributed by atoms with van der Waals surface area (Å²) in [5.74, 6) is 0.472. The fourth-order valence-corrected chi connectivity index (χ4v) is 2.57. The summed E-state index contributed by atoms with van der Waals surface area (Å²) in [6, 6.07) is 15.1. The summed E-state index contributed by atoms with van der Waals surface area (Å²) in [4.78, 5) is 17.1. The van der Waals surface area contributed by atoms with Crippen LogP contribution in [0.2, 0.25) is 5.02 Å². The van der Waals surface area contributed by atoms with Crippen LogP contribution in [0.3, 0.4) is 0 Å². The molecule has 0 radical (unpaired) electrons. The van der Waals surface area contributed by atoms with Gasteiger partial charge in [0, 0.05) is 12.0 Å². The summed E-state index contributed by atoms with van der Waals surface area (Å²) in [7, 11) is 0. The van der Waals surface area contributed by atoms with Crippen molar-refractivity contribution in [2.75, 3.05) is 0 Å². The Hall–Kier alpha value is -2.13. The number of carbonyl (C=O) groups excluding carboxylic acids is 1. The molecule has 0 spiro atoms. The Labute approximate surface area is 155 Å². The van der Waals surface area contributed by atoms with Crippen LogP contribution in [0.15, 0.2) is 53.5 Å². The number of halogens is 1. The quantitative estimate of drug-likeness (QED) is 0.538. The predicted octanol–water partition coefficient (Wildman–Crippen LogP) is 5.90. The van der Waals surface area contributed by atoms with Gasteiger partial charge in [-0.05, 0) is 41.7 Å². The number of rotatable bonds is 4. The van der Waals surface area contributed by atoms with Crippen molar-refractivity contribution in [2.45, 2.75) is 46.0 Å². The number of nitrogens with zero attached hydrogens (tertiary/aromatic N) is 1. The van der Waals surface area contributed by atoms with Crippen LogP contribution in [0.25, 0.3) is 0 Å². The van der Waals surface area contributed by atoms with E-state index in [4.69, 9.17) is 11.6 Å². The smallest absolute Gasteiger partial charge is 0.256 e. The lowest BCUT2D eigenvalue weighted by atomic mass is 9.87. The van der Waals surface area contributed by atoms with Crippen molar-refractivity contribution in [1.82, 2.24) is 5.32 Å². The molecule has 1 amide bonds. The van der Waals surface area contributed by atoms with Crippen molar-refractivity contribution in [3.63, 3.8) is 0 Å². The zero-order valence-corrected chi connectivity index (χ0v) is 16.0. The fourth-order valence-electron chi connectivity index (χ4n) is 2.40. The van der Waals surface area contributed by atoms with E-state index in [0.717, 1.165) is 6.42 Å². The number of hydrogen-bond acceptors (Lipinski definition) is 2. The lowest BCUT2D eigenvalue weighted by Gasteiger charge is -2.19. The highest BCUT2D eigenvalue weighted by Crippen LogP contribution is 2.24. The molecule has 0 aliphatic carbocycles. The Morgan fingerprint density at radius 3 is 2.28 bits per heavy atom. The van der Waals surface area contributed by atoms with Gasteiger partial charge < -0.3 is 5.32 Å². The Morgan fingerprint density at radius 2 is 1.72 bits per heavy atom. The third kappa shape index (κ3) is 5.43. The van der Waals surface area contributed by atoms with Crippen molar-refractivity contribution in [1.29, 1.82) is 0 Å². The third-order valence-electron chi connectivity index (χ3n) is 3.87. The Balaban J connectivity index is 2.19. The maximum absolute atomic E-state index is 12.5. The van der Waals surface area contributed by atoms with Gasteiger partial charge in [0.1, 0.15) is 5.84 Å². The van der Waals surface area contributed by atoms with E-state index in [1.54, 1.807) is 6.07 Å². The van der Waals surface area contributed by atoms with Gasteiger partial charge >= 0.3 is 0 Å². The normalized spacial score (nSPS) is 12.1. The van der Waals surface area contributed by atoms with Crippen LogP contribution in [0.4, 0.5) is 5.69 Å². The maximum atomic E-state index is 12.5. The molecule has 0 aliphatic heterocycles. The Morgan fingerprint density at radius 1 is 1.08 bits per heavy atom. The molecule has 1 N–H and O–H groups in total. The molecule has 3 nitrogen and oxygen atoms in total. The Kier molecular flexibility index (Phi) is 6.38. The molecule has 0 saturated heterocycles. The molecule has 0 fully saturated rings. The van der Waals surface area contributed by atoms with Gasteiger partial charge in [0.25, 0.3) is 5.91 Å². The highest BCUT2D eigenvalue weighted by Gasteiger charge is 2.15. The molecule has 0 aromatic heterocycles. The van der Waals surface area contributed by atoms with E-state index in [2.05, 4.69) is 31.1 Å². The largest absolute Gasteiger partial charge is 0.310 e. The third-order valence-corrected chi connectivity index (χ3v) is 4.19. The van der Waals surface area contributed by atoms with Gasteiger partial charge in [-0.2, -0.15) is 0 Å². The van der Waals surface area contributed by atoms with Gasteiger partial charge in [-0.25, -0.2) is 4.99 Å². The van der Waals surface area contributed by atoms with E-state index in [1.165, 1.54) is 5.56 Å². The number of para-hydroxylation sites is 1. The topological polar surface area (TPSA) is 41.5 Å². The van der Waals surface area contributed by atoms with Crippen LogP contribution in [0.5, 0.6) is 0 Å². The summed E-state index contributed by atoms with van der Waals surface area (Å²) in [5.41, 5.74) is 2.54. The molecule has 0 aliphatic rings. The Bertz CT molecular complexity index is 758. The van der Waals surface area contributed by atoms with E-state index in [1.807, 2.05) is 49.4 Å². The maximum Gasteiger partial charge on any atom is 0.256 e. The average molecular weight is 357 g/mol. The van der Waals surface area contributed by atoms with E-state index < -0.39 is 0 Å². The van der Waals surface area contributed by atoms with E-state index in [-0.39, 0.29) is 11.3 Å². The first-order valence-corrected chi connectivity index (χ1v) is 8.93. The first-order chi connectivity index (χ1) is 11.8. The molecular formula is C21H25ClN2O. The van der Waals surface area contributed by atoms with E-state index >= 15 is 0 Å². The minimum Gasteiger partial charge on any atom is -0.310 e. The zero-order chi connectivity index (χ0) is 18.4. The van der Waals surface area contributed by atoms with Crippen LogP contribution in [-0.4, -0.2) is 11.7 Å². The van der Waals surface area contributed by atoms with E-state index in [0.29, 0.717) is 28.5 Å². The molecule has 25 heavy (non-hydrogen) atoms. The van der Waals surface area contributed by atoms with Crippen LogP contribution >= 0.6 is 11.6 Å². The molecule has 0 saturated carbocycles. The van der Waals surface area contributed by atoms with Crippen molar-refractivity contribution in [2.24, 2.45) is 4.99 Å². The molecule has 132 valence electrons. The number of nitrogens with one attached hydrogen (secondary N) is 1. The molecule has 0 heterocycles. The number of benzene rings is 2. The van der Waals surface area contributed by atoms with E-state index in [9.17, 15) is 4.79 Å². The number of aliphatic imine (C=N–C) groups is 1. The van der Waals surface area contributed by atoms with Crippen molar-refractivity contribution in [3.8, 4) is 0 Å². The van der Waals surface area contributed by atoms with Gasteiger partial charge in [-0.3, -0.25) is 4.79 Å². The first-order valence-electron chi connectivity index (χ1n) is 8.55. The van der Waals surface area contributed by atoms with Crippen LogP contribution in [0.1, 0.15) is 56.5 Å². The molecule has 0 unspecified atom stereocenters. The SMILES string of the molecule is CCCC(=Nc1ccccc1Cl)NC(=O)c1ccc(C(C)(C)C)cc1. The van der Waals surface area contributed by atoms with Gasteiger partial charge in [0.05, 0.1) is 10.7 Å². The fraction of sp³-hybridized carbons (Fsp3) is 0.333. The highest BCUT2D eigenvalue weighted by atomic mass is 35.5. The molecule has 0 atom stereocenters. The van der Waals surface area contributed by atoms with Crippen LogP contribution < -0.4 is 5.32 Å². The molecule has 0 bridgehead atoms. The standard InChI is InChI=1S/C21H25ClN2O/c1-5-8-19(23-18-10-7-6-9-17(18)22)24-20(25)15-11-13-16(14-12-15)21(2,3)4/h6-7,9-14H,5,8H2,1-4H3,(H,23,24,25). The molecule has 2 aromatic carbocycles. The summed E-state index contributed by atoms with van der Waals surface area (Å²) in [5, 5.41) is 3.49. The average Bonchev–Trinajstić information content (AvgIpc) is 2.56. The lowest BCUT2D eigenvalue weighted by Crippen LogP contribution is -2.30. The molecular weight excluding hydrogens is 332 g/mol. The summed E-state index contributed by atoms with van der Waals surface area (Å²) >= 11 is 6.16. The van der Waals surface area contributed by atoms with Gasteiger partial charge in [0.2, 0.25) is 0 Å². The van der Waals surface area contributed by atoms with Gasteiger partial charge in [-0.1, -0.05) is 63.6 Å². The van der Waals surface area contributed by atoms with Crippen molar-refractivity contribution < 1.29 is 4.79 Å². The predicted molar refractivity (Wildman–Crippen MR) is 106 cm³/mol. The monoisotopic (exact) mass is 356 g/mol. The number of hydrogen-bond donors (Lipinski definition) is 1. The molecule has 2 aromatic rings. The lowest BCUT2D eigenvalue weighted by molar-refractivity contribution is 0.0976. The summed E-state index contributed by atoms with van der Waals surface area (Å²) in [6.45, 7) is 8.50. The van der Waals surface area contributed by atoms with Gasteiger partial charge in [0.15, 0.2) is 0 Å². The van der Waals surface area contributed by atoms with Crippen molar-refractivity contribution >= 4 is 29.0 Å². The minimum absolute atomic E-state index is 0.0634. The van der Waals surface area contributed by atoms with Crippen LogP contribution in [0, 0.1) is 0 Å². The molecule has 2 rings (SSSR count). The highest BCUT2D eigenvalue weighted by molar-refractivity contribution is 6.33. The molecule has 4 heteroatoms. The number of amidine groups is 1. The van der Waals surface area contributed by atoms with Gasteiger partial charge in [-0.15, -0.1) is 0 Å². The zero-order valence-electron chi connectivity index (χ0n) is 15.3. The number of amides is 1. The number of carbonyl (C=O) groups is 1. The second-order valence-corrected chi connectivity index (χ2v) is 7.45. The van der Waals surface area contributed by atoms with Crippen LogP contribution in [-0.2, 0) is 5.41 Å². The first kappa shape index (κ1) is 19.2. The minimum atomic E-state index is -0.153. The second kappa shape index (κ2) is 8.30. The summed E-state index contributed by atoms with van der Waals surface area (Å²) < 4.78 is 0.